The smallest absolute Gasteiger partial charge is 0.0618 e. The molecule has 0 spiro atoms. The molecule has 1 atom stereocenters. The van der Waals surface area contributed by atoms with Gasteiger partial charge in [-0.05, 0) is 25.8 Å². The van der Waals surface area contributed by atoms with Gasteiger partial charge in [-0.2, -0.15) is 0 Å². The highest BCUT2D eigenvalue weighted by molar-refractivity contribution is 5.17. The van der Waals surface area contributed by atoms with Crippen molar-refractivity contribution in [3.63, 3.8) is 0 Å². The zero-order valence-electron chi connectivity index (χ0n) is 8.84. The summed E-state index contributed by atoms with van der Waals surface area (Å²) in [6.07, 6.45) is 3.42. The first kappa shape index (κ1) is 10.7. The molecule has 1 N–H and O–H groups in total. The average Bonchev–Trinajstić information content (AvgIpc) is 2.64. The lowest BCUT2D eigenvalue weighted by Crippen LogP contribution is -2.41. The van der Waals surface area contributed by atoms with E-state index >= 15 is 0 Å². The fraction of sp³-hybridized carbons (Fsp3) is 0.818. The molecule has 0 aliphatic carbocycles. The Morgan fingerprint density at radius 1 is 1.54 bits per heavy atom. The first-order valence-electron chi connectivity index (χ1n) is 5.29. The van der Waals surface area contributed by atoms with E-state index < -0.39 is 0 Å². The Kier molecular flexibility index (Phi) is 3.51. The molecule has 0 aromatic rings. The molecule has 13 heavy (non-hydrogen) atoms. The zero-order chi connectivity index (χ0) is 9.90. The standard InChI is InChI=1S/C9H15NO.C2H6/c1-8-5-9(7-11)3-2-4-10(9)6-8;1-2/h11H,1-7H2;1-2H3. The fourth-order valence-electron chi connectivity index (χ4n) is 2.47. The van der Waals surface area contributed by atoms with E-state index in [-0.39, 0.29) is 5.54 Å². The van der Waals surface area contributed by atoms with Crippen molar-refractivity contribution in [2.24, 2.45) is 0 Å². The average molecular weight is 183 g/mol. The third-order valence-corrected chi connectivity index (χ3v) is 3.03. The Bertz CT molecular complexity index is 191. The van der Waals surface area contributed by atoms with E-state index in [0.717, 1.165) is 25.9 Å². The molecule has 1 unspecified atom stereocenters. The maximum absolute atomic E-state index is 9.26. The maximum atomic E-state index is 9.26. The topological polar surface area (TPSA) is 23.5 Å². The predicted octanol–water partition coefficient (Wildman–Crippen LogP) is 1.80. The molecule has 2 heterocycles. The van der Waals surface area contributed by atoms with Gasteiger partial charge >= 0.3 is 0 Å². The molecule has 2 aliphatic rings. The molecule has 0 bridgehead atoms. The lowest BCUT2D eigenvalue weighted by molar-refractivity contribution is 0.1000. The number of rotatable bonds is 1. The molecule has 2 saturated heterocycles. The van der Waals surface area contributed by atoms with Crippen LogP contribution in [0.3, 0.4) is 0 Å². The molecule has 0 aromatic carbocycles. The van der Waals surface area contributed by atoms with Crippen LogP contribution in [0.2, 0.25) is 0 Å². The molecular formula is C11H21NO. The van der Waals surface area contributed by atoms with Crippen LogP contribution < -0.4 is 0 Å². The zero-order valence-corrected chi connectivity index (χ0v) is 8.84. The van der Waals surface area contributed by atoms with Crippen LogP contribution in [0.15, 0.2) is 12.2 Å². The lowest BCUT2D eigenvalue weighted by Gasteiger charge is -2.28. The summed E-state index contributed by atoms with van der Waals surface area (Å²) in [5.41, 5.74) is 1.40. The second kappa shape index (κ2) is 4.25. The Hall–Kier alpha value is -0.340. The van der Waals surface area contributed by atoms with Crippen molar-refractivity contribution in [3.05, 3.63) is 12.2 Å². The molecule has 2 heteroatoms. The van der Waals surface area contributed by atoms with E-state index in [1.54, 1.807) is 0 Å². The summed E-state index contributed by atoms with van der Waals surface area (Å²) in [4.78, 5) is 2.38. The minimum absolute atomic E-state index is 0.108. The highest BCUT2D eigenvalue weighted by atomic mass is 16.3. The van der Waals surface area contributed by atoms with Crippen LogP contribution in [0.25, 0.3) is 0 Å². The molecule has 2 aliphatic heterocycles. The van der Waals surface area contributed by atoms with Crippen molar-refractivity contribution in [3.8, 4) is 0 Å². The summed E-state index contributed by atoms with van der Waals surface area (Å²) in [5, 5.41) is 9.26. The Labute approximate surface area is 81.2 Å². The van der Waals surface area contributed by atoms with Crippen molar-refractivity contribution in [2.45, 2.75) is 38.6 Å². The molecule has 2 rings (SSSR count). The molecule has 0 radical (unpaired) electrons. The predicted molar refractivity (Wildman–Crippen MR) is 55.7 cm³/mol. The van der Waals surface area contributed by atoms with Crippen LogP contribution in [0, 0.1) is 0 Å². The van der Waals surface area contributed by atoms with Gasteiger partial charge in [0.2, 0.25) is 0 Å². The summed E-state index contributed by atoms with van der Waals surface area (Å²) in [7, 11) is 0. The van der Waals surface area contributed by atoms with Gasteiger partial charge in [0, 0.05) is 12.1 Å². The summed E-state index contributed by atoms with van der Waals surface area (Å²) in [6, 6.07) is 0. The van der Waals surface area contributed by atoms with Gasteiger partial charge in [-0.25, -0.2) is 0 Å². The molecule has 76 valence electrons. The van der Waals surface area contributed by atoms with Gasteiger partial charge < -0.3 is 5.11 Å². The van der Waals surface area contributed by atoms with Crippen molar-refractivity contribution in [2.75, 3.05) is 19.7 Å². The van der Waals surface area contributed by atoms with Gasteiger partial charge in [-0.15, -0.1) is 0 Å². The molecule has 0 amide bonds. The van der Waals surface area contributed by atoms with Crippen LogP contribution in [-0.4, -0.2) is 35.2 Å². The van der Waals surface area contributed by atoms with Gasteiger partial charge in [0.15, 0.2) is 0 Å². The first-order valence-corrected chi connectivity index (χ1v) is 5.29. The van der Waals surface area contributed by atoms with Gasteiger partial charge in [0.05, 0.1) is 6.61 Å². The number of aliphatic hydroxyl groups is 1. The number of aliphatic hydroxyl groups excluding tert-OH is 1. The fourth-order valence-corrected chi connectivity index (χ4v) is 2.47. The van der Waals surface area contributed by atoms with E-state index in [1.807, 2.05) is 13.8 Å². The van der Waals surface area contributed by atoms with Crippen LogP contribution in [0.5, 0.6) is 0 Å². The van der Waals surface area contributed by atoms with E-state index in [4.69, 9.17) is 0 Å². The largest absolute Gasteiger partial charge is 0.394 e. The highest BCUT2D eigenvalue weighted by Gasteiger charge is 2.44. The normalized spacial score (nSPS) is 32.7. The molecule has 0 aromatic heterocycles. The van der Waals surface area contributed by atoms with Crippen molar-refractivity contribution < 1.29 is 5.11 Å². The second-order valence-corrected chi connectivity index (χ2v) is 3.83. The summed E-state index contributed by atoms with van der Waals surface area (Å²) < 4.78 is 0. The molecule has 0 saturated carbocycles. The van der Waals surface area contributed by atoms with E-state index in [9.17, 15) is 5.11 Å². The van der Waals surface area contributed by atoms with Crippen molar-refractivity contribution >= 4 is 0 Å². The lowest BCUT2D eigenvalue weighted by atomic mass is 9.94. The Morgan fingerprint density at radius 3 is 2.77 bits per heavy atom. The minimum Gasteiger partial charge on any atom is -0.394 e. The van der Waals surface area contributed by atoms with Gasteiger partial charge in [-0.3, -0.25) is 4.90 Å². The van der Waals surface area contributed by atoms with E-state index in [2.05, 4.69) is 11.5 Å². The van der Waals surface area contributed by atoms with Crippen LogP contribution in [-0.2, 0) is 0 Å². The van der Waals surface area contributed by atoms with E-state index in [1.165, 1.54) is 12.0 Å². The quantitative estimate of drug-likeness (QED) is 0.627. The third kappa shape index (κ3) is 1.79. The number of nitrogens with zero attached hydrogens (tertiary/aromatic N) is 1. The SMILES string of the molecule is C=C1CN2CCCC2(CO)C1.CC. The van der Waals surface area contributed by atoms with Gasteiger partial charge in [0.25, 0.3) is 0 Å². The van der Waals surface area contributed by atoms with Crippen LogP contribution >= 0.6 is 0 Å². The molecular weight excluding hydrogens is 162 g/mol. The monoisotopic (exact) mass is 183 g/mol. The maximum Gasteiger partial charge on any atom is 0.0618 e. The summed E-state index contributed by atoms with van der Waals surface area (Å²) in [6.45, 7) is 10.5. The number of hydrogen-bond acceptors (Lipinski definition) is 2. The van der Waals surface area contributed by atoms with Crippen molar-refractivity contribution in [1.82, 2.24) is 4.90 Å². The first-order chi connectivity index (χ1) is 6.27. The van der Waals surface area contributed by atoms with Gasteiger partial charge in [-0.1, -0.05) is 26.0 Å². The Morgan fingerprint density at radius 2 is 2.23 bits per heavy atom. The highest BCUT2D eigenvalue weighted by Crippen LogP contribution is 2.39. The molecule has 2 nitrogen and oxygen atoms in total. The van der Waals surface area contributed by atoms with Crippen molar-refractivity contribution in [1.29, 1.82) is 0 Å². The summed E-state index contributed by atoms with van der Waals surface area (Å²) >= 11 is 0. The van der Waals surface area contributed by atoms with E-state index in [0.29, 0.717) is 6.61 Å². The number of hydrogen-bond donors (Lipinski definition) is 1. The number of fused-ring (bicyclic) bond motifs is 1. The van der Waals surface area contributed by atoms with Gasteiger partial charge in [0.1, 0.15) is 0 Å². The second-order valence-electron chi connectivity index (χ2n) is 3.83. The molecule has 2 fully saturated rings. The van der Waals surface area contributed by atoms with Crippen LogP contribution in [0.4, 0.5) is 0 Å². The minimum atomic E-state index is 0.108. The Balaban J connectivity index is 0.000000396. The van der Waals surface area contributed by atoms with Crippen LogP contribution in [0.1, 0.15) is 33.1 Å². The summed E-state index contributed by atoms with van der Waals surface area (Å²) in [5.74, 6) is 0. The third-order valence-electron chi connectivity index (χ3n) is 3.03.